The molecule has 1 aromatic rings. The smallest absolute Gasteiger partial charge is 0.317 e. The van der Waals surface area contributed by atoms with E-state index in [1.54, 1.807) is 24.5 Å². The number of hydrogen-bond donors (Lipinski definition) is 2. The molecule has 2 heterocycles. The molecule has 0 atom stereocenters. The number of piperidine rings is 1. The maximum atomic E-state index is 12.0. The van der Waals surface area contributed by atoms with Crippen molar-refractivity contribution in [1.82, 2.24) is 20.5 Å². The molecule has 1 aliphatic rings. The van der Waals surface area contributed by atoms with Crippen molar-refractivity contribution < 1.29 is 9.59 Å². The van der Waals surface area contributed by atoms with Gasteiger partial charge >= 0.3 is 6.03 Å². The number of likely N-dealkylation sites (tertiary alicyclic amines) is 1. The third-order valence-corrected chi connectivity index (χ3v) is 3.57. The van der Waals surface area contributed by atoms with Crippen LogP contribution in [-0.4, -0.2) is 47.5 Å². The van der Waals surface area contributed by atoms with Crippen molar-refractivity contribution >= 4 is 11.9 Å². The van der Waals surface area contributed by atoms with Crippen LogP contribution in [-0.2, 0) is 0 Å². The first-order valence-electron chi connectivity index (χ1n) is 7.44. The molecule has 1 saturated heterocycles. The molecule has 6 heteroatoms. The zero-order chi connectivity index (χ0) is 15.1. The molecule has 2 rings (SSSR count). The molecule has 3 amide bonds. The van der Waals surface area contributed by atoms with E-state index in [4.69, 9.17) is 0 Å². The van der Waals surface area contributed by atoms with Crippen LogP contribution in [0.15, 0.2) is 24.5 Å². The van der Waals surface area contributed by atoms with E-state index < -0.39 is 0 Å². The van der Waals surface area contributed by atoms with Gasteiger partial charge in [0.2, 0.25) is 0 Å². The molecule has 0 bridgehead atoms. The van der Waals surface area contributed by atoms with Crippen LogP contribution in [0.2, 0.25) is 0 Å². The van der Waals surface area contributed by atoms with Gasteiger partial charge in [0.05, 0.1) is 5.56 Å². The van der Waals surface area contributed by atoms with E-state index in [1.165, 1.54) is 0 Å². The number of rotatable bonds is 4. The summed E-state index contributed by atoms with van der Waals surface area (Å²) in [4.78, 5) is 29.6. The monoisotopic (exact) mass is 290 g/mol. The van der Waals surface area contributed by atoms with E-state index in [9.17, 15) is 9.59 Å². The molecule has 2 N–H and O–H groups in total. The largest absolute Gasteiger partial charge is 0.349 e. The van der Waals surface area contributed by atoms with Gasteiger partial charge < -0.3 is 15.5 Å². The predicted molar refractivity (Wildman–Crippen MR) is 80.0 cm³/mol. The summed E-state index contributed by atoms with van der Waals surface area (Å²) in [6, 6.07) is 3.60. The van der Waals surface area contributed by atoms with Crippen LogP contribution in [0, 0.1) is 0 Å². The first-order chi connectivity index (χ1) is 10.2. The normalized spacial score (nSPS) is 15.6. The molecule has 1 aliphatic heterocycles. The third-order valence-electron chi connectivity index (χ3n) is 3.57. The van der Waals surface area contributed by atoms with Gasteiger partial charge in [-0.1, -0.05) is 6.92 Å². The van der Waals surface area contributed by atoms with Crippen molar-refractivity contribution in [2.24, 2.45) is 0 Å². The summed E-state index contributed by atoms with van der Waals surface area (Å²) in [6.45, 7) is 4.08. The zero-order valence-electron chi connectivity index (χ0n) is 12.3. The highest BCUT2D eigenvalue weighted by atomic mass is 16.2. The second-order valence-corrected chi connectivity index (χ2v) is 5.21. The average Bonchev–Trinajstić information content (AvgIpc) is 2.54. The third kappa shape index (κ3) is 4.44. The van der Waals surface area contributed by atoms with Gasteiger partial charge in [-0.25, -0.2) is 4.79 Å². The predicted octanol–water partition coefficient (Wildman–Crippen LogP) is 1.40. The number of amides is 3. The van der Waals surface area contributed by atoms with E-state index in [2.05, 4.69) is 15.6 Å². The highest BCUT2D eigenvalue weighted by Crippen LogP contribution is 2.11. The van der Waals surface area contributed by atoms with E-state index >= 15 is 0 Å². The van der Waals surface area contributed by atoms with Crippen LogP contribution in [0.5, 0.6) is 0 Å². The Hall–Kier alpha value is -2.11. The Morgan fingerprint density at radius 3 is 2.76 bits per heavy atom. The SMILES string of the molecule is CCCNC(=O)N1CCC(NC(=O)c2cccnc2)CC1. The fourth-order valence-corrected chi connectivity index (χ4v) is 2.34. The second-order valence-electron chi connectivity index (χ2n) is 5.21. The zero-order valence-corrected chi connectivity index (χ0v) is 12.3. The van der Waals surface area contributed by atoms with Crippen molar-refractivity contribution in [3.63, 3.8) is 0 Å². The van der Waals surface area contributed by atoms with E-state index in [0.717, 1.165) is 19.3 Å². The van der Waals surface area contributed by atoms with Gasteiger partial charge in [0, 0.05) is 38.1 Å². The van der Waals surface area contributed by atoms with Crippen LogP contribution in [0.3, 0.4) is 0 Å². The molecule has 0 aromatic carbocycles. The van der Waals surface area contributed by atoms with E-state index in [0.29, 0.717) is 25.2 Å². The van der Waals surface area contributed by atoms with Gasteiger partial charge in [-0.3, -0.25) is 9.78 Å². The molecule has 0 saturated carbocycles. The Morgan fingerprint density at radius 1 is 1.38 bits per heavy atom. The maximum Gasteiger partial charge on any atom is 0.317 e. The number of aromatic nitrogens is 1. The quantitative estimate of drug-likeness (QED) is 0.880. The highest BCUT2D eigenvalue weighted by Gasteiger charge is 2.23. The molecule has 0 radical (unpaired) electrons. The Balaban J connectivity index is 1.77. The minimum atomic E-state index is -0.100. The Kier molecular flexibility index (Phi) is 5.54. The topological polar surface area (TPSA) is 74.3 Å². The Bertz CT molecular complexity index is 470. The summed E-state index contributed by atoms with van der Waals surface area (Å²) in [5.41, 5.74) is 0.570. The summed E-state index contributed by atoms with van der Waals surface area (Å²) in [5.74, 6) is -0.100. The maximum absolute atomic E-state index is 12.0. The number of carbonyl (C=O) groups is 2. The lowest BCUT2D eigenvalue weighted by molar-refractivity contribution is 0.0917. The number of hydrogen-bond acceptors (Lipinski definition) is 3. The second kappa shape index (κ2) is 7.61. The fraction of sp³-hybridized carbons (Fsp3) is 0.533. The lowest BCUT2D eigenvalue weighted by Crippen LogP contribution is -2.49. The summed E-state index contributed by atoms with van der Waals surface area (Å²) in [6.07, 6.45) is 5.70. The first-order valence-corrected chi connectivity index (χ1v) is 7.44. The van der Waals surface area contributed by atoms with Crippen LogP contribution >= 0.6 is 0 Å². The summed E-state index contributed by atoms with van der Waals surface area (Å²) in [7, 11) is 0. The van der Waals surface area contributed by atoms with Gasteiger partial charge in [0.1, 0.15) is 0 Å². The standard InChI is InChI=1S/C15H22N4O2/c1-2-7-17-15(21)19-9-5-13(6-10-19)18-14(20)12-4-3-8-16-11-12/h3-4,8,11,13H,2,5-7,9-10H2,1H3,(H,17,21)(H,18,20). The van der Waals surface area contributed by atoms with Crippen molar-refractivity contribution in [3.05, 3.63) is 30.1 Å². The van der Waals surface area contributed by atoms with Crippen LogP contribution in [0.25, 0.3) is 0 Å². The van der Waals surface area contributed by atoms with E-state index in [1.807, 2.05) is 11.8 Å². The van der Waals surface area contributed by atoms with Crippen molar-refractivity contribution in [2.45, 2.75) is 32.2 Å². The lowest BCUT2D eigenvalue weighted by Gasteiger charge is -2.32. The molecule has 114 valence electrons. The Morgan fingerprint density at radius 2 is 2.14 bits per heavy atom. The highest BCUT2D eigenvalue weighted by molar-refractivity contribution is 5.94. The van der Waals surface area contributed by atoms with Crippen LogP contribution in [0.4, 0.5) is 4.79 Å². The summed E-state index contributed by atoms with van der Waals surface area (Å²) < 4.78 is 0. The summed E-state index contributed by atoms with van der Waals surface area (Å²) in [5, 5.41) is 5.88. The van der Waals surface area contributed by atoms with Crippen LogP contribution < -0.4 is 10.6 Å². The van der Waals surface area contributed by atoms with Crippen molar-refractivity contribution in [1.29, 1.82) is 0 Å². The van der Waals surface area contributed by atoms with Gasteiger partial charge in [-0.15, -0.1) is 0 Å². The lowest BCUT2D eigenvalue weighted by atomic mass is 10.0. The first kappa shape index (κ1) is 15.3. The molecular weight excluding hydrogens is 268 g/mol. The average molecular weight is 290 g/mol. The molecule has 0 unspecified atom stereocenters. The molecule has 21 heavy (non-hydrogen) atoms. The van der Waals surface area contributed by atoms with Crippen LogP contribution in [0.1, 0.15) is 36.5 Å². The molecule has 1 fully saturated rings. The molecule has 0 spiro atoms. The molecule has 6 nitrogen and oxygen atoms in total. The number of carbonyl (C=O) groups excluding carboxylic acids is 2. The number of nitrogens with zero attached hydrogens (tertiary/aromatic N) is 2. The van der Waals surface area contributed by atoms with Gasteiger partial charge in [0.15, 0.2) is 0 Å². The Labute approximate surface area is 124 Å². The summed E-state index contributed by atoms with van der Waals surface area (Å²) >= 11 is 0. The minimum absolute atomic E-state index is 0.00566. The number of pyridine rings is 1. The van der Waals surface area contributed by atoms with Crippen molar-refractivity contribution in [2.75, 3.05) is 19.6 Å². The van der Waals surface area contributed by atoms with E-state index in [-0.39, 0.29) is 18.0 Å². The number of urea groups is 1. The van der Waals surface area contributed by atoms with Gasteiger partial charge in [-0.05, 0) is 31.4 Å². The van der Waals surface area contributed by atoms with Crippen molar-refractivity contribution in [3.8, 4) is 0 Å². The van der Waals surface area contributed by atoms with Gasteiger partial charge in [0.25, 0.3) is 5.91 Å². The number of nitrogens with one attached hydrogen (secondary N) is 2. The molecule has 0 aliphatic carbocycles. The minimum Gasteiger partial charge on any atom is -0.349 e. The molecular formula is C15H22N4O2. The fourth-order valence-electron chi connectivity index (χ4n) is 2.34. The molecule has 1 aromatic heterocycles. The van der Waals surface area contributed by atoms with Gasteiger partial charge in [-0.2, -0.15) is 0 Å².